The molecular formula is C12H15N3O5S. The van der Waals surface area contributed by atoms with Crippen LogP contribution in [0.4, 0.5) is 5.69 Å². The first-order valence-corrected chi connectivity index (χ1v) is 7.90. The Morgan fingerprint density at radius 1 is 1.24 bits per heavy atom. The Hall–Kier alpha value is -2.00. The van der Waals surface area contributed by atoms with Crippen LogP contribution in [0.3, 0.4) is 0 Å². The highest BCUT2D eigenvalue weighted by Gasteiger charge is 2.29. The van der Waals surface area contributed by atoms with Gasteiger partial charge in [0, 0.05) is 31.1 Å². The summed E-state index contributed by atoms with van der Waals surface area (Å²) in [6.45, 7) is 0.277. The molecule has 114 valence electrons. The second-order valence-electron chi connectivity index (χ2n) is 4.71. The molecule has 1 aromatic carbocycles. The van der Waals surface area contributed by atoms with Crippen molar-refractivity contribution in [2.45, 2.75) is 17.7 Å². The first kappa shape index (κ1) is 15.4. The fraction of sp³-hybridized carbons (Fsp3) is 0.417. The summed E-state index contributed by atoms with van der Waals surface area (Å²) in [6, 6.07) is 4.60. The number of hydrogen-bond acceptors (Lipinski definition) is 5. The van der Waals surface area contributed by atoms with E-state index < -0.39 is 14.9 Å². The number of carbonyl (C=O) groups excluding carboxylic acids is 1. The Balaban J connectivity index is 1.85. The summed E-state index contributed by atoms with van der Waals surface area (Å²) < 4.78 is 26.1. The third-order valence-corrected chi connectivity index (χ3v) is 4.50. The quantitative estimate of drug-likeness (QED) is 0.429. The molecule has 0 aliphatic heterocycles. The molecule has 0 bridgehead atoms. The van der Waals surface area contributed by atoms with E-state index in [1.165, 1.54) is 12.1 Å². The predicted molar refractivity (Wildman–Crippen MR) is 74.0 cm³/mol. The lowest BCUT2D eigenvalue weighted by molar-refractivity contribution is -0.384. The molecular weight excluding hydrogens is 298 g/mol. The molecule has 0 heterocycles. The summed E-state index contributed by atoms with van der Waals surface area (Å²) >= 11 is 0. The van der Waals surface area contributed by atoms with Crippen LogP contribution in [0.15, 0.2) is 29.2 Å². The van der Waals surface area contributed by atoms with E-state index in [9.17, 15) is 23.3 Å². The van der Waals surface area contributed by atoms with Gasteiger partial charge in [0.05, 0.1) is 9.82 Å². The van der Waals surface area contributed by atoms with Gasteiger partial charge in [-0.2, -0.15) is 0 Å². The normalized spacial score (nSPS) is 14.7. The minimum Gasteiger partial charge on any atom is -0.355 e. The lowest BCUT2D eigenvalue weighted by atomic mass is 10.3. The lowest BCUT2D eigenvalue weighted by Crippen LogP contribution is -2.35. The molecule has 0 radical (unpaired) electrons. The number of sulfonamides is 1. The van der Waals surface area contributed by atoms with Crippen molar-refractivity contribution in [3.63, 3.8) is 0 Å². The van der Waals surface area contributed by atoms with Gasteiger partial charge in [0.2, 0.25) is 15.9 Å². The zero-order valence-electron chi connectivity index (χ0n) is 11.1. The van der Waals surface area contributed by atoms with Crippen LogP contribution in [0.5, 0.6) is 0 Å². The summed E-state index contributed by atoms with van der Waals surface area (Å²) in [4.78, 5) is 21.2. The molecule has 2 rings (SSSR count). The Labute approximate surface area is 121 Å². The highest BCUT2D eigenvalue weighted by Crippen LogP contribution is 2.28. The standard InChI is InChI=1S/C12H15N3O5S/c16-12(9-1-2-9)13-7-8-14-21(19,20)11-5-3-10(4-6-11)15(17)18/h3-6,9,14H,1-2,7-8H2,(H,13,16). The average molecular weight is 313 g/mol. The summed E-state index contributed by atoms with van der Waals surface area (Å²) in [5.74, 6) is 0.0285. The molecule has 1 aromatic rings. The summed E-state index contributed by atoms with van der Waals surface area (Å²) in [6.07, 6.45) is 1.78. The number of amides is 1. The van der Waals surface area contributed by atoms with Crippen LogP contribution in [-0.2, 0) is 14.8 Å². The maximum atomic E-state index is 11.9. The minimum absolute atomic E-state index is 0.0514. The summed E-state index contributed by atoms with van der Waals surface area (Å²) in [5, 5.41) is 13.1. The molecule has 1 fully saturated rings. The van der Waals surface area contributed by atoms with Crippen molar-refractivity contribution >= 4 is 21.6 Å². The Morgan fingerprint density at radius 2 is 1.86 bits per heavy atom. The molecule has 0 unspecified atom stereocenters. The first-order valence-electron chi connectivity index (χ1n) is 6.42. The van der Waals surface area contributed by atoms with Gasteiger partial charge in [-0.25, -0.2) is 13.1 Å². The van der Waals surface area contributed by atoms with Crippen molar-refractivity contribution in [1.82, 2.24) is 10.0 Å². The van der Waals surface area contributed by atoms with Crippen molar-refractivity contribution in [2.75, 3.05) is 13.1 Å². The first-order chi connectivity index (χ1) is 9.90. The number of nitro groups is 1. The second-order valence-corrected chi connectivity index (χ2v) is 6.48. The fourth-order valence-electron chi connectivity index (χ4n) is 1.69. The fourth-order valence-corrected chi connectivity index (χ4v) is 2.72. The van der Waals surface area contributed by atoms with Gasteiger partial charge in [0.1, 0.15) is 0 Å². The average Bonchev–Trinajstić information content (AvgIpc) is 3.28. The highest BCUT2D eigenvalue weighted by molar-refractivity contribution is 7.89. The predicted octanol–water partition coefficient (Wildman–Crippen LogP) is 0.399. The number of benzene rings is 1. The van der Waals surface area contributed by atoms with Gasteiger partial charge in [0.15, 0.2) is 0 Å². The summed E-state index contributed by atoms with van der Waals surface area (Å²) in [5.41, 5.74) is -0.175. The van der Waals surface area contributed by atoms with Gasteiger partial charge < -0.3 is 5.32 Å². The molecule has 21 heavy (non-hydrogen) atoms. The van der Waals surface area contributed by atoms with Crippen LogP contribution in [0.25, 0.3) is 0 Å². The van der Waals surface area contributed by atoms with Crippen molar-refractivity contribution in [3.8, 4) is 0 Å². The van der Waals surface area contributed by atoms with E-state index in [1.807, 2.05) is 0 Å². The van der Waals surface area contributed by atoms with Crippen LogP contribution in [0.2, 0.25) is 0 Å². The monoisotopic (exact) mass is 313 g/mol. The van der Waals surface area contributed by atoms with Crippen LogP contribution in [-0.4, -0.2) is 32.3 Å². The van der Waals surface area contributed by atoms with Crippen LogP contribution >= 0.6 is 0 Å². The zero-order valence-corrected chi connectivity index (χ0v) is 11.9. The number of non-ortho nitro benzene ring substituents is 1. The van der Waals surface area contributed by atoms with Crippen molar-refractivity contribution in [2.24, 2.45) is 5.92 Å². The van der Waals surface area contributed by atoms with E-state index in [4.69, 9.17) is 0 Å². The molecule has 0 spiro atoms. The number of hydrogen-bond donors (Lipinski definition) is 2. The van der Waals surface area contributed by atoms with E-state index in [0.29, 0.717) is 0 Å². The Morgan fingerprint density at radius 3 is 2.38 bits per heavy atom. The number of rotatable bonds is 7. The third kappa shape index (κ3) is 4.23. The topological polar surface area (TPSA) is 118 Å². The SMILES string of the molecule is O=C(NCCNS(=O)(=O)c1ccc([N+](=O)[O-])cc1)C1CC1. The molecule has 0 saturated heterocycles. The number of nitrogens with one attached hydrogen (secondary N) is 2. The van der Waals surface area contributed by atoms with Gasteiger partial charge in [-0.15, -0.1) is 0 Å². The van der Waals surface area contributed by atoms with Crippen molar-refractivity contribution in [1.29, 1.82) is 0 Å². The van der Waals surface area contributed by atoms with Crippen LogP contribution < -0.4 is 10.0 Å². The molecule has 1 aliphatic carbocycles. The summed E-state index contributed by atoms with van der Waals surface area (Å²) in [7, 11) is -3.73. The molecule has 1 saturated carbocycles. The molecule has 1 amide bonds. The van der Waals surface area contributed by atoms with E-state index in [0.717, 1.165) is 25.0 Å². The van der Waals surface area contributed by atoms with Crippen LogP contribution in [0.1, 0.15) is 12.8 Å². The molecule has 0 atom stereocenters. The lowest BCUT2D eigenvalue weighted by Gasteiger charge is -2.07. The smallest absolute Gasteiger partial charge is 0.269 e. The van der Waals surface area contributed by atoms with Crippen LogP contribution in [0, 0.1) is 16.0 Å². The van der Waals surface area contributed by atoms with Crippen molar-refractivity contribution in [3.05, 3.63) is 34.4 Å². The van der Waals surface area contributed by atoms with Gasteiger partial charge in [-0.05, 0) is 25.0 Å². The zero-order chi connectivity index (χ0) is 15.5. The Bertz CT molecular complexity index is 637. The minimum atomic E-state index is -3.73. The molecule has 9 heteroatoms. The van der Waals surface area contributed by atoms with Crippen molar-refractivity contribution < 1.29 is 18.1 Å². The van der Waals surface area contributed by atoms with E-state index in [-0.39, 0.29) is 35.5 Å². The Kier molecular flexibility index (Phi) is 4.53. The maximum Gasteiger partial charge on any atom is 0.269 e. The molecule has 2 N–H and O–H groups in total. The molecule has 1 aliphatic rings. The number of nitro benzene ring substituents is 1. The van der Waals surface area contributed by atoms with Gasteiger partial charge in [-0.3, -0.25) is 14.9 Å². The van der Waals surface area contributed by atoms with Gasteiger partial charge in [-0.1, -0.05) is 0 Å². The second kappa shape index (κ2) is 6.19. The largest absolute Gasteiger partial charge is 0.355 e. The maximum absolute atomic E-state index is 11.9. The van der Waals surface area contributed by atoms with E-state index in [1.54, 1.807) is 0 Å². The van der Waals surface area contributed by atoms with E-state index in [2.05, 4.69) is 10.0 Å². The molecule has 8 nitrogen and oxygen atoms in total. The highest BCUT2D eigenvalue weighted by atomic mass is 32.2. The number of nitrogens with zero attached hydrogens (tertiary/aromatic N) is 1. The van der Waals surface area contributed by atoms with Gasteiger partial charge in [0.25, 0.3) is 5.69 Å². The van der Waals surface area contributed by atoms with E-state index >= 15 is 0 Å². The number of carbonyl (C=O) groups is 1. The third-order valence-electron chi connectivity index (χ3n) is 3.02. The van der Waals surface area contributed by atoms with Gasteiger partial charge >= 0.3 is 0 Å². The molecule has 0 aromatic heterocycles.